The van der Waals surface area contributed by atoms with Crippen LogP contribution in [0.1, 0.15) is 24.2 Å². The van der Waals surface area contributed by atoms with Crippen LogP contribution in [0.15, 0.2) is 36.4 Å². The second-order valence-corrected chi connectivity index (χ2v) is 5.21. The summed E-state index contributed by atoms with van der Waals surface area (Å²) in [6.07, 6.45) is 0. The highest BCUT2D eigenvalue weighted by molar-refractivity contribution is 6.04. The fourth-order valence-electron chi connectivity index (χ4n) is 2.04. The number of benzene rings is 2. The minimum Gasteiger partial charge on any atom is -0.398 e. The molecule has 0 radical (unpaired) electrons. The predicted octanol–water partition coefficient (Wildman–Crippen LogP) is 2.17. The van der Waals surface area contributed by atoms with E-state index in [1.165, 1.54) is 0 Å². The molecule has 2 rings (SSSR count). The third-order valence-corrected chi connectivity index (χ3v) is 3.66. The van der Waals surface area contributed by atoms with Crippen molar-refractivity contribution in [3.05, 3.63) is 42.0 Å². The smallest absolute Gasteiger partial charge is 0.253 e. The molecule has 4 heteroatoms. The molecule has 0 heterocycles. The van der Waals surface area contributed by atoms with Crippen molar-refractivity contribution in [2.45, 2.75) is 19.9 Å². The van der Waals surface area contributed by atoms with E-state index in [2.05, 4.69) is 5.32 Å². The van der Waals surface area contributed by atoms with Crippen LogP contribution in [-0.4, -0.2) is 23.7 Å². The Labute approximate surface area is 118 Å². The highest BCUT2D eigenvalue weighted by atomic mass is 16.3. The van der Waals surface area contributed by atoms with E-state index < -0.39 is 0 Å². The van der Waals surface area contributed by atoms with Gasteiger partial charge in [-0.25, -0.2) is 0 Å². The van der Waals surface area contributed by atoms with Gasteiger partial charge in [0, 0.05) is 18.3 Å². The van der Waals surface area contributed by atoms with Crippen LogP contribution < -0.4 is 11.1 Å². The normalized spacial score (nSPS) is 13.9. The fourth-order valence-corrected chi connectivity index (χ4v) is 2.04. The highest BCUT2D eigenvalue weighted by Crippen LogP contribution is 2.22. The molecular formula is C16H20N2O2. The molecule has 0 saturated heterocycles. The molecule has 1 amide bonds. The first-order valence-electron chi connectivity index (χ1n) is 6.73. The van der Waals surface area contributed by atoms with E-state index in [4.69, 9.17) is 10.8 Å². The quantitative estimate of drug-likeness (QED) is 0.747. The number of nitrogens with one attached hydrogen (secondary N) is 1. The molecule has 0 aliphatic carbocycles. The van der Waals surface area contributed by atoms with Crippen LogP contribution in [0.3, 0.4) is 0 Å². The summed E-state index contributed by atoms with van der Waals surface area (Å²) in [7, 11) is 0. The Hall–Kier alpha value is -2.07. The number of rotatable bonds is 4. The van der Waals surface area contributed by atoms with Crippen molar-refractivity contribution in [3.8, 4) is 0 Å². The number of amides is 1. The molecule has 106 valence electrons. The van der Waals surface area contributed by atoms with E-state index in [0.29, 0.717) is 11.3 Å². The summed E-state index contributed by atoms with van der Waals surface area (Å²) in [5, 5.41) is 14.0. The van der Waals surface area contributed by atoms with Crippen molar-refractivity contribution in [1.29, 1.82) is 0 Å². The lowest BCUT2D eigenvalue weighted by molar-refractivity contribution is 0.0917. The predicted molar refractivity (Wildman–Crippen MR) is 81.5 cm³/mol. The first-order chi connectivity index (χ1) is 9.52. The van der Waals surface area contributed by atoms with Crippen LogP contribution in [0.5, 0.6) is 0 Å². The summed E-state index contributed by atoms with van der Waals surface area (Å²) < 4.78 is 0. The molecule has 0 aliphatic heterocycles. The lowest BCUT2D eigenvalue weighted by Crippen LogP contribution is -2.38. The Morgan fingerprint density at radius 3 is 2.45 bits per heavy atom. The molecule has 4 nitrogen and oxygen atoms in total. The largest absolute Gasteiger partial charge is 0.398 e. The Balaban J connectivity index is 2.28. The molecular weight excluding hydrogens is 252 g/mol. The van der Waals surface area contributed by atoms with E-state index in [1.807, 2.05) is 44.2 Å². The second-order valence-electron chi connectivity index (χ2n) is 5.21. The summed E-state index contributed by atoms with van der Waals surface area (Å²) in [5.41, 5.74) is 6.90. The van der Waals surface area contributed by atoms with Crippen molar-refractivity contribution in [2.24, 2.45) is 5.92 Å². The van der Waals surface area contributed by atoms with Gasteiger partial charge in [0.1, 0.15) is 0 Å². The van der Waals surface area contributed by atoms with Gasteiger partial charge in [-0.05, 0) is 35.7 Å². The van der Waals surface area contributed by atoms with Gasteiger partial charge in [-0.3, -0.25) is 4.79 Å². The maximum Gasteiger partial charge on any atom is 0.253 e. The number of anilines is 1. The zero-order valence-electron chi connectivity index (χ0n) is 11.8. The second kappa shape index (κ2) is 5.92. The van der Waals surface area contributed by atoms with Crippen molar-refractivity contribution in [3.63, 3.8) is 0 Å². The number of carbonyl (C=O) groups is 1. The molecule has 0 saturated carbocycles. The lowest BCUT2D eigenvalue weighted by Gasteiger charge is -2.20. The molecule has 0 bridgehead atoms. The van der Waals surface area contributed by atoms with E-state index in [9.17, 15) is 4.79 Å². The Morgan fingerprint density at radius 2 is 1.85 bits per heavy atom. The number of hydrogen-bond donors (Lipinski definition) is 3. The number of aliphatic hydroxyl groups is 1. The van der Waals surface area contributed by atoms with Gasteiger partial charge in [0.05, 0.1) is 5.56 Å². The number of aliphatic hydroxyl groups excluding tert-OH is 1. The van der Waals surface area contributed by atoms with Crippen molar-refractivity contribution < 1.29 is 9.90 Å². The monoisotopic (exact) mass is 272 g/mol. The third-order valence-electron chi connectivity index (χ3n) is 3.66. The van der Waals surface area contributed by atoms with Gasteiger partial charge in [0.15, 0.2) is 0 Å². The maximum atomic E-state index is 12.3. The molecule has 0 fully saturated rings. The van der Waals surface area contributed by atoms with Crippen LogP contribution >= 0.6 is 0 Å². The average molecular weight is 272 g/mol. The van der Waals surface area contributed by atoms with E-state index in [1.54, 1.807) is 6.07 Å². The molecule has 0 spiro atoms. The summed E-state index contributed by atoms with van der Waals surface area (Å²) in [4.78, 5) is 12.3. The first-order valence-corrected chi connectivity index (χ1v) is 6.73. The molecule has 20 heavy (non-hydrogen) atoms. The van der Waals surface area contributed by atoms with Crippen LogP contribution in [0.25, 0.3) is 10.8 Å². The number of hydrogen-bond acceptors (Lipinski definition) is 3. The van der Waals surface area contributed by atoms with E-state index in [-0.39, 0.29) is 24.5 Å². The molecule has 2 atom stereocenters. The molecule has 0 aliphatic rings. The SMILES string of the molecule is CC(CO)C(C)NC(=O)c1cc2ccccc2cc1N. The maximum absolute atomic E-state index is 12.3. The van der Waals surface area contributed by atoms with Gasteiger partial charge in [0.25, 0.3) is 5.91 Å². The van der Waals surface area contributed by atoms with Crippen molar-refractivity contribution >= 4 is 22.4 Å². The first kappa shape index (κ1) is 14.3. The lowest BCUT2D eigenvalue weighted by atomic mass is 10.0. The third kappa shape index (κ3) is 2.91. The van der Waals surface area contributed by atoms with Gasteiger partial charge in [-0.15, -0.1) is 0 Å². The van der Waals surface area contributed by atoms with Gasteiger partial charge < -0.3 is 16.2 Å². The van der Waals surface area contributed by atoms with Crippen LogP contribution in [0, 0.1) is 5.92 Å². The Morgan fingerprint density at radius 1 is 1.25 bits per heavy atom. The zero-order chi connectivity index (χ0) is 14.7. The minimum absolute atomic E-state index is 0.000584. The van der Waals surface area contributed by atoms with Gasteiger partial charge in [-0.1, -0.05) is 31.2 Å². The zero-order valence-corrected chi connectivity index (χ0v) is 11.8. The van der Waals surface area contributed by atoms with Gasteiger partial charge in [0.2, 0.25) is 0 Å². The van der Waals surface area contributed by atoms with E-state index in [0.717, 1.165) is 10.8 Å². The average Bonchev–Trinajstić information content (AvgIpc) is 2.45. The molecule has 2 aromatic carbocycles. The van der Waals surface area contributed by atoms with Crippen LogP contribution in [0.4, 0.5) is 5.69 Å². The van der Waals surface area contributed by atoms with Crippen molar-refractivity contribution in [2.75, 3.05) is 12.3 Å². The number of carbonyl (C=O) groups excluding carboxylic acids is 1. The number of fused-ring (bicyclic) bond motifs is 1. The Bertz CT molecular complexity index is 625. The molecule has 2 unspecified atom stereocenters. The van der Waals surface area contributed by atoms with Gasteiger partial charge in [-0.2, -0.15) is 0 Å². The molecule has 4 N–H and O–H groups in total. The molecule has 0 aromatic heterocycles. The van der Waals surface area contributed by atoms with Crippen LogP contribution in [-0.2, 0) is 0 Å². The van der Waals surface area contributed by atoms with E-state index >= 15 is 0 Å². The summed E-state index contributed by atoms with van der Waals surface area (Å²) in [6, 6.07) is 11.3. The molecule has 2 aromatic rings. The van der Waals surface area contributed by atoms with Crippen LogP contribution in [0.2, 0.25) is 0 Å². The summed E-state index contributed by atoms with van der Waals surface area (Å²) in [6.45, 7) is 3.79. The van der Waals surface area contributed by atoms with Crippen molar-refractivity contribution in [1.82, 2.24) is 5.32 Å². The minimum atomic E-state index is -0.207. The summed E-state index contributed by atoms with van der Waals surface area (Å²) in [5.74, 6) is -0.207. The highest BCUT2D eigenvalue weighted by Gasteiger charge is 2.17. The fraction of sp³-hybridized carbons (Fsp3) is 0.312. The summed E-state index contributed by atoms with van der Waals surface area (Å²) >= 11 is 0. The number of nitrogens with two attached hydrogens (primary N) is 1. The standard InChI is InChI=1S/C16H20N2O2/c1-10(9-19)11(2)18-16(20)14-7-12-5-3-4-6-13(12)8-15(14)17/h3-8,10-11,19H,9,17H2,1-2H3,(H,18,20). The Kier molecular flexibility index (Phi) is 4.25. The van der Waals surface area contributed by atoms with Gasteiger partial charge >= 0.3 is 0 Å². The topological polar surface area (TPSA) is 75.3 Å². The number of nitrogen functional groups attached to an aromatic ring is 1.